The number of carbonyl (C=O) groups excluding carboxylic acids is 1. The third-order valence-corrected chi connectivity index (χ3v) is 4.26. The van der Waals surface area contributed by atoms with Crippen LogP contribution < -0.4 is 11.1 Å². The van der Waals surface area contributed by atoms with Crippen LogP contribution in [0.4, 0.5) is 23.3 Å². The summed E-state index contributed by atoms with van der Waals surface area (Å²) in [6.45, 7) is 4.43. The van der Waals surface area contributed by atoms with Crippen LogP contribution in [0.5, 0.6) is 0 Å². The number of anilines is 3. The fraction of sp³-hybridized carbons (Fsp3) is 0.278. The van der Waals surface area contributed by atoms with E-state index in [0.717, 1.165) is 11.3 Å². The molecule has 3 N–H and O–H groups in total. The molecule has 0 saturated carbocycles. The van der Waals surface area contributed by atoms with Gasteiger partial charge in [0.2, 0.25) is 11.9 Å². The molecule has 2 aromatic heterocycles. The average molecular weight is 412 g/mol. The fourth-order valence-electron chi connectivity index (χ4n) is 2.81. The highest BCUT2D eigenvalue weighted by Gasteiger charge is 2.23. The fourth-order valence-corrected chi connectivity index (χ4v) is 2.81. The molecule has 12 heteroatoms. The molecule has 0 spiro atoms. The van der Waals surface area contributed by atoms with E-state index in [1.807, 2.05) is 31.2 Å². The number of nitrogen functional groups attached to an aromatic ring is 1. The van der Waals surface area contributed by atoms with Crippen LogP contribution in [0, 0.1) is 30.9 Å². The van der Waals surface area contributed by atoms with E-state index in [2.05, 4.69) is 25.4 Å². The number of esters is 1. The van der Waals surface area contributed by atoms with Crippen molar-refractivity contribution in [3.63, 3.8) is 0 Å². The number of nitro groups is 1. The molecule has 0 saturated heterocycles. The number of aromatic nitrogens is 5. The zero-order valence-electron chi connectivity index (χ0n) is 16.6. The van der Waals surface area contributed by atoms with E-state index in [-0.39, 0.29) is 47.9 Å². The van der Waals surface area contributed by atoms with E-state index >= 15 is 0 Å². The first kappa shape index (κ1) is 20.6. The topological polar surface area (TPSA) is 164 Å². The van der Waals surface area contributed by atoms with Crippen LogP contribution in [0.2, 0.25) is 0 Å². The number of hydrogen-bond donors (Lipinski definition) is 2. The Kier molecular flexibility index (Phi) is 5.85. The molecule has 0 radical (unpaired) electrons. The van der Waals surface area contributed by atoms with Crippen LogP contribution in [0.1, 0.15) is 22.8 Å². The number of nitrogens with zero attached hydrogens (tertiary/aromatic N) is 6. The number of nitrogens with two attached hydrogens (primary N) is 1. The van der Waals surface area contributed by atoms with Crippen molar-refractivity contribution in [2.24, 2.45) is 0 Å². The van der Waals surface area contributed by atoms with Crippen molar-refractivity contribution in [3.8, 4) is 0 Å². The highest BCUT2D eigenvalue weighted by atomic mass is 16.6. The summed E-state index contributed by atoms with van der Waals surface area (Å²) in [5.41, 5.74) is 7.89. The molecule has 2 heterocycles. The second-order valence-electron chi connectivity index (χ2n) is 6.47. The SMILES string of the molecule is Cc1ccccc1Nc1nc(N)nc(COC(=O)Cn2nc(C)c([N+](=O)[O-])c2C)n1. The van der Waals surface area contributed by atoms with Crippen molar-refractivity contribution >= 4 is 29.2 Å². The Balaban J connectivity index is 1.66. The third kappa shape index (κ3) is 4.66. The standard InChI is InChI=1S/C18H20N8O4/c1-10-6-4-5-7-13(10)20-18-22-14(21-17(19)23-18)9-30-15(27)8-25-12(3)16(26(28)29)11(2)24-25/h4-7H,8-9H2,1-3H3,(H3,19,20,21,22,23). The van der Waals surface area contributed by atoms with Gasteiger partial charge in [0.05, 0.1) is 4.92 Å². The third-order valence-electron chi connectivity index (χ3n) is 4.26. The number of hydrogen-bond acceptors (Lipinski definition) is 10. The summed E-state index contributed by atoms with van der Waals surface area (Å²) in [5.74, 6) is -0.299. The number of ether oxygens (including phenoxy) is 1. The molecule has 0 amide bonds. The van der Waals surface area contributed by atoms with Crippen molar-refractivity contribution < 1.29 is 14.5 Å². The Labute approximate surface area is 171 Å². The molecule has 30 heavy (non-hydrogen) atoms. The summed E-state index contributed by atoms with van der Waals surface area (Å²) in [7, 11) is 0. The minimum atomic E-state index is -0.650. The predicted octanol–water partition coefficient (Wildman–Crippen LogP) is 1.97. The molecule has 0 atom stereocenters. The highest BCUT2D eigenvalue weighted by Crippen LogP contribution is 2.22. The van der Waals surface area contributed by atoms with Crippen molar-refractivity contribution in [2.45, 2.75) is 33.9 Å². The summed E-state index contributed by atoms with van der Waals surface area (Å²) >= 11 is 0. The lowest BCUT2D eigenvalue weighted by atomic mass is 10.2. The van der Waals surface area contributed by atoms with Gasteiger partial charge in [-0.2, -0.15) is 20.1 Å². The van der Waals surface area contributed by atoms with Gasteiger partial charge in [-0.05, 0) is 32.4 Å². The zero-order chi connectivity index (χ0) is 21.8. The molecule has 0 bridgehead atoms. The lowest BCUT2D eigenvalue weighted by Gasteiger charge is -2.10. The summed E-state index contributed by atoms with van der Waals surface area (Å²) < 4.78 is 6.40. The van der Waals surface area contributed by atoms with Gasteiger partial charge in [-0.3, -0.25) is 19.6 Å². The molecular formula is C18H20N8O4. The van der Waals surface area contributed by atoms with E-state index < -0.39 is 10.9 Å². The molecule has 12 nitrogen and oxygen atoms in total. The number of rotatable bonds is 7. The first-order valence-electron chi connectivity index (χ1n) is 8.91. The van der Waals surface area contributed by atoms with Gasteiger partial charge in [0, 0.05) is 5.69 Å². The maximum atomic E-state index is 12.2. The van der Waals surface area contributed by atoms with E-state index in [1.165, 1.54) is 18.5 Å². The van der Waals surface area contributed by atoms with Crippen LogP contribution in [0.25, 0.3) is 0 Å². The van der Waals surface area contributed by atoms with Crippen LogP contribution in [0.15, 0.2) is 24.3 Å². The average Bonchev–Trinajstić information content (AvgIpc) is 2.95. The van der Waals surface area contributed by atoms with E-state index in [4.69, 9.17) is 10.5 Å². The number of carbonyl (C=O) groups is 1. The quantitative estimate of drug-likeness (QED) is 0.333. The number of para-hydroxylation sites is 1. The number of nitrogens with one attached hydrogen (secondary N) is 1. The van der Waals surface area contributed by atoms with Crippen LogP contribution in [0.3, 0.4) is 0 Å². The molecule has 1 aromatic carbocycles. The molecule has 0 unspecified atom stereocenters. The second-order valence-corrected chi connectivity index (χ2v) is 6.47. The Bertz CT molecular complexity index is 1110. The van der Waals surface area contributed by atoms with Crippen molar-refractivity contribution in [1.29, 1.82) is 0 Å². The van der Waals surface area contributed by atoms with Gasteiger partial charge in [-0.15, -0.1) is 0 Å². The Morgan fingerprint density at radius 2 is 1.97 bits per heavy atom. The van der Waals surface area contributed by atoms with Crippen molar-refractivity contribution in [1.82, 2.24) is 24.7 Å². The van der Waals surface area contributed by atoms with Gasteiger partial charge in [0.1, 0.15) is 17.9 Å². The summed E-state index contributed by atoms with van der Waals surface area (Å²) in [6, 6.07) is 7.57. The molecule has 0 aliphatic heterocycles. The number of aryl methyl sites for hydroxylation is 2. The molecule has 3 rings (SSSR count). The summed E-state index contributed by atoms with van der Waals surface area (Å²) in [5, 5.41) is 18.1. The van der Waals surface area contributed by atoms with Gasteiger partial charge in [0.25, 0.3) is 0 Å². The van der Waals surface area contributed by atoms with Gasteiger partial charge >= 0.3 is 11.7 Å². The summed E-state index contributed by atoms with van der Waals surface area (Å²) in [4.78, 5) is 34.9. The molecular weight excluding hydrogens is 392 g/mol. The van der Waals surface area contributed by atoms with Crippen LogP contribution >= 0.6 is 0 Å². The van der Waals surface area contributed by atoms with E-state index in [1.54, 1.807) is 0 Å². The van der Waals surface area contributed by atoms with Crippen LogP contribution in [-0.2, 0) is 22.7 Å². The van der Waals surface area contributed by atoms with Gasteiger partial charge < -0.3 is 15.8 Å². The largest absolute Gasteiger partial charge is 0.456 e. The smallest absolute Gasteiger partial charge is 0.328 e. The zero-order valence-corrected chi connectivity index (χ0v) is 16.6. The first-order chi connectivity index (χ1) is 14.2. The lowest BCUT2D eigenvalue weighted by Crippen LogP contribution is -2.17. The summed E-state index contributed by atoms with van der Waals surface area (Å²) in [6.07, 6.45) is 0. The minimum absolute atomic E-state index is 0.0266. The van der Waals surface area contributed by atoms with E-state index in [0.29, 0.717) is 0 Å². The molecule has 0 aliphatic rings. The van der Waals surface area contributed by atoms with E-state index in [9.17, 15) is 14.9 Å². The monoisotopic (exact) mass is 412 g/mol. The van der Waals surface area contributed by atoms with Gasteiger partial charge in [0.15, 0.2) is 12.4 Å². The Hall–Kier alpha value is -4.09. The van der Waals surface area contributed by atoms with Crippen molar-refractivity contribution in [2.75, 3.05) is 11.1 Å². The van der Waals surface area contributed by atoms with Crippen LogP contribution in [-0.4, -0.2) is 35.6 Å². The molecule has 0 fully saturated rings. The molecule has 0 aliphatic carbocycles. The maximum Gasteiger partial charge on any atom is 0.328 e. The Morgan fingerprint density at radius 3 is 2.63 bits per heavy atom. The molecule has 3 aromatic rings. The first-order valence-corrected chi connectivity index (χ1v) is 8.91. The normalized spacial score (nSPS) is 10.6. The number of benzene rings is 1. The Morgan fingerprint density at radius 1 is 1.23 bits per heavy atom. The second kappa shape index (κ2) is 8.51. The van der Waals surface area contributed by atoms with Gasteiger partial charge in [-0.25, -0.2) is 0 Å². The lowest BCUT2D eigenvalue weighted by molar-refractivity contribution is -0.386. The minimum Gasteiger partial charge on any atom is -0.456 e. The highest BCUT2D eigenvalue weighted by molar-refractivity contribution is 5.69. The molecule has 156 valence electrons. The van der Waals surface area contributed by atoms with Crippen molar-refractivity contribution in [3.05, 3.63) is 57.2 Å². The predicted molar refractivity (Wildman–Crippen MR) is 107 cm³/mol. The van der Waals surface area contributed by atoms with Gasteiger partial charge in [-0.1, -0.05) is 18.2 Å². The maximum absolute atomic E-state index is 12.2.